The quantitative estimate of drug-likeness (QED) is 0.817. The maximum absolute atomic E-state index is 12.4. The third-order valence-corrected chi connectivity index (χ3v) is 5.44. The Hall–Kier alpha value is -0.810. The third kappa shape index (κ3) is 2.26. The van der Waals surface area contributed by atoms with Crippen molar-refractivity contribution in [1.82, 2.24) is 4.31 Å². The molecule has 0 saturated carbocycles. The molecule has 0 aliphatic carbocycles. The predicted octanol–water partition coefficient (Wildman–Crippen LogP) is 2.33. The summed E-state index contributed by atoms with van der Waals surface area (Å²) in [6.45, 7) is 6.74. The van der Waals surface area contributed by atoms with Gasteiger partial charge in [0.15, 0.2) is 0 Å². The molecule has 1 aromatic rings. The number of sulfonamides is 1. The highest BCUT2D eigenvalue weighted by molar-refractivity contribution is 7.89. The van der Waals surface area contributed by atoms with Crippen molar-refractivity contribution in [2.24, 2.45) is 11.8 Å². The lowest BCUT2D eigenvalue weighted by Gasteiger charge is -2.39. The van der Waals surface area contributed by atoms with Crippen molar-refractivity contribution >= 4 is 10.0 Å². The molecule has 1 aromatic heterocycles. The average Bonchev–Trinajstić information content (AvgIpc) is 2.76. The van der Waals surface area contributed by atoms with Crippen LogP contribution in [0.1, 0.15) is 27.2 Å². The minimum atomic E-state index is -3.47. The van der Waals surface area contributed by atoms with Crippen molar-refractivity contribution in [3.63, 3.8) is 0 Å². The summed E-state index contributed by atoms with van der Waals surface area (Å²) in [5, 5.41) is 0.0469. The first-order chi connectivity index (χ1) is 7.93. The molecule has 5 heteroatoms. The molecule has 1 fully saturated rings. The lowest BCUT2D eigenvalue weighted by Crippen LogP contribution is -2.48. The van der Waals surface area contributed by atoms with Crippen LogP contribution in [0.3, 0.4) is 0 Å². The number of furan rings is 1. The van der Waals surface area contributed by atoms with Gasteiger partial charge in [-0.2, -0.15) is 4.31 Å². The van der Waals surface area contributed by atoms with Gasteiger partial charge < -0.3 is 4.42 Å². The summed E-state index contributed by atoms with van der Waals surface area (Å²) in [4.78, 5) is 0. The van der Waals surface area contributed by atoms with Crippen LogP contribution in [0.2, 0.25) is 0 Å². The van der Waals surface area contributed by atoms with E-state index in [9.17, 15) is 8.42 Å². The smallest absolute Gasteiger partial charge is 0.276 e. The molecule has 1 saturated heterocycles. The maximum Gasteiger partial charge on any atom is 0.276 e. The van der Waals surface area contributed by atoms with Crippen molar-refractivity contribution in [3.05, 3.63) is 18.4 Å². The zero-order chi connectivity index (χ0) is 12.6. The van der Waals surface area contributed by atoms with E-state index in [4.69, 9.17) is 4.42 Å². The zero-order valence-corrected chi connectivity index (χ0v) is 11.3. The third-order valence-electron chi connectivity index (χ3n) is 3.60. The summed E-state index contributed by atoms with van der Waals surface area (Å²) in [7, 11) is -3.47. The lowest BCUT2D eigenvalue weighted by molar-refractivity contribution is 0.155. The summed E-state index contributed by atoms with van der Waals surface area (Å²) in [6.07, 6.45) is 2.47. The molecule has 2 rings (SSSR count). The molecule has 3 atom stereocenters. The summed E-state index contributed by atoms with van der Waals surface area (Å²) < 4.78 is 31.4. The first-order valence-corrected chi connectivity index (χ1v) is 7.42. The second kappa shape index (κ2) is 4.46. The van der Waals surface area contributed by atoms with Crippen LogP contribution < -0.4 is 0 Å². The van der Waals surface area contributed by atoms with Crippen LogP contribution in [0.5, 0.6) is 0 Å². The van der Waals surface area contributed by atoms with Crippen LogP contribution in [0.4, 0.5) is 0 Å². The second-order valence-corrected chi connectivity index (χ2v) is 6.89. The molecule has 17 heavy (non-hydrogen) atoms. The van der Waals surface area contributed by atoms with E-state index >= 15 is 0 Å². The van der Waals surface area contributed by atoms with Gasteiger partial charge in [0.25, 0.3) is 10.0 Å². The number of hydrogen-bond acceptors (Lipinski definition) is 3. The fourth-order valence-corrected chi connectivity index (χ4v) is 4.26. The summed E-state index contributed by atoms with van der Waals surface area (Å²) in [6, 6.07) is 3.14. The molecule has 0 bridgehead atoms. The fourth-order valence-electron chi connectivity index (χ4n) is 2.51. The van der Waals surface area contributed by atoms with Gasteiger partial charge in [0, 0.05) is 12.6 Å². The van der Waals surface area contributed by atoms with E-state index in [0.717, 1.165) is 6.42 Å². The molecule has 0 amide bonds. The Morgan fingerprint density at radius 3 is 2.65 bits per heavy atom. The number of hydrogen-bond donors (Lipinski definition) is 0. The highest BCUT2D eigenvalue weighted by Gasteiger charge is 2.38. The van der Waals surface area contributed by atoms with E-state index in [0.29, 0.717) is 18.4 Å². The minimum absolute atomic E-state index is 0.0290. The molecule has 1 aliphatic rings. The topological polar surface area (TPSA) is 50.5 Å². The Kier molecular flexibility index (Phi) is 3.32. The van der Waals surface area contributed by atoms with Gasteiger partial charge in [0.1, 0.15) is 0 Å². The molecule has 4 nitrogen and oxygen atoms in total. The molecular weight excluding hydrogens is 238 g/mol. The Balaban J connectivity index is 2.33. The van der Waals surface area contributed by atoms with E-state index in [1.165, 1.54) is 12.3 Å². The standard InChI is InChI=1S/C12H19NO3S/c1-9-7-10(2)11(3)13(8-9)17(14,15)12-5-4-6-16-12/h4-6,9-11H,7-8H2,1-3H3. The summed E-state index contributed by atoms with van der Waals surface area (Å²) in [5.74, 6) is 0.773. The van der Waals surface area contributed by atoms with Gasteiger partial charge in [-0.05, 0) is 37.3 Å². The van der Waals surface area contributed by atoms with Crippen molar-refractivity contribution in [1.29, 1.82) is 0 Å². The Bertz CT molecular complexity index is 466. The molecule has 0 N–H and O–H groups in total. The van der Waals surface area contributed by atoms with Crippen molar-refractivity contribution in [2.45, 2.75) is 38.3 Å². The van der Waals surface area contributed by atoms with Gasteiger partial charge in [0.2, 0.25) is 5.09 Å². The molecule has 0 radical (unpaired) electrons. The molecule has 2 heterocycles. The van der Waals surface area contributed by atoms with Gasteiger partial charge in [-0.25, -0.2) is 8.42 Å². The fraction of sp³-hybridized carbons (Fsp3) is 0.667. The van der Waals surface area contributed by atoms with E-state index < -0.39 is 10.0 Å². The van der Waals surface area contributed by atoms with Gasteiger partial charge in [-0.15, -0.1) is 0 Å². The molecule has 0 aromatic carbocycles. The normalized spacial score (nSPS) is 31.6. The molecule has 3 unspecified atom stereocenters. The van der Waals surface area contributed by atoms with Crippen molar-refractivity contribution < 1.29 is 12.8 Å². The second-order valence-electron chi connectivity index (χ2n) is 5.07. The number of nitrogens with zero attached hydrogens (tertiary/aromatic N) is 1. The minimum Gasteiger partial charge on any atom is -0.452 e. The first-order valence-electron chi connectivity index (χ1n) is 5.98. The Labute approximate surface area is 103 Å². The van der Waals surface area contributed by atoms with Crippen LogP contribution in [-0.2, 0) is 10.0 Å². The van der Waals surface area contributed by atoms with Crippen LogP contribution in [0, 0.1) is 11.8 Å². The van der Waals surface area contributed by atoms with Crippen molar-refractivity contribution in [3.8, 4) is 0 Å². The van der Waals surface area contributed by atoms with Crippen LogP contribution in [0.25, 0.3) is 0 Å². The SMILES string of the molecule is CC1CC(C)C(C)N(S(=O)(=O)c2ccco2)C1. The van der Waals surface area contributed by atoms with E-state index in [1.54, 1.807) is 10.4 Å². The average molecular weight is 257 g/mol. The number of rotatable bonds is 2. The summed E-state index contributed by atoms with van der Waals surface area (Å²) >= 11 is 0. The molecular formula is C12H19NO3S. The molecule has 0 spiro atoms. The van der Waals surface area contributed by atoms with Crippen molar-refractivity contribution in [2.75, 3.05) is 6.54 Å². The lowest BCUT2D eigenvalue weighted by atomic mass is 9.88. The van der Waals surface area contributed by atoms with Crippen LogP contribution >= 0.6 is 0 Å². The highest BCUT2D eigenvalue weighted by atomic mass is 32.2. The largest absolute Gasteiger partial charge is 0.452 e. The Morgan fingerprint density at radius 1 is 1.35 bits per heavy atom. The monoisotopic (exact) mass is 257 g/mol. The van der Waals surface area contributed by atoms with Gasteiger partial charge in [0.05, 0.1) is 6.26 Å². The predicted molar refractivity (Wildman–Crippen MR) is 65.0 cm³/mol. The molecule has 1 aliphatic heterocycles. The van der Waals surface area contributed by atoms with Crippen LogP contribution in [0.15, 0.2) is 27.9 Å². The first kappa shape index (κ1) is 12.6. The van der Waals surface area contributed by atoms with E-state index in [1.807, 2.05) is 6.92 Å². The van der Waals surface area contributed by atoms with Crippen LogP contribution in [-0.4, -0.2) is 25.3 Å². The zero-order valence-electron chi connectivity index (χ0n) is 10.5. The van der Waals surface area contributed by atoms with Gasteiger partial charge in [-0.1, -0.05) is 13.8 Å². The van der Waals surface area contributed by atoms with E-state index in [-0.39, 0.29) is 11.1 Å². The molecule has 96 valence electrons. The highest BCUT2D eigenvalue weighted by Crippen LogP contribution is 2.31. The van der Waals surface area contributed by atoms with E-state index in [2.05, 4.69) is 13.8 Å². The maximum atomic E-state index is 12.4. The van der Waals surface area contributed by atoms with Gasteiger partial charge >= 0.3 is 0 Å². The Morgan fingerprint density at radius 2 is 2.06 bits per heavy atom. The van der Waals surface area contributed by atoms with Gasteiger partial charge in [-0.3, -0.25) is 0 Å². The number of piperidine rings is 1. The summed E-state index contributed by atoms with van der Waals surface area (Å²) in [5.41, 5.74) is 0.